The lowest BCUT2D eigenvalue weighted by molar-refractivity contribution is -0.120. The third kappa shape index (κ3) is 4.70. The van der Waals surface area contributed by atoms with E-state index >= 15 is 0 Å². The van der Waals surface area contributed by atoms with Crippen LogP contribution in [-0.2, 0) is 4.79 Å². The number of carbonyl (C=O) groups is 1. The van der Waals surface area contributed by atoms with Crippen LogP contribution < -0.4 is 10.2 Å². The van der Waals surface area contributed by atoms with Crippen molar-refractivity contribution in [3.05, 3.63) is 30.3 Å². The Hall–Kier alpha value is -1.10. The minimum absolute atomic E-state index is 0. The molecule has 0 bridgehead atoms. The Morgan fingerprint density at radius 2 is 2.00 bits per heavy atom. The highest BCUT2D eigenvalue weighted by atomic mass is 35.5. The Labute approximate surface area is 133 Å². The predicted molar refractivity (Wildman–Crippen MR) is 90.2 cm³/mol. The summed E-state index contributed by atoms with van der Waals surface area (Å²) in [7, 11) is 2.04. The zero-order chi connectivity index (χ0) is 14.5. The molecule has 4 nitrogen and oxygen atoms in total. The highest BCUT2D eigenvalue weighted by Gasteiger charge is 2.25. The van der Waals surface area contributed by atoms with Gasteiger partial charge < -0.3 is 10.2 Å². The summed E-state index contributed by atoms with van der Waals surface area (Å²) in [6.07, 6.45) is 1.12. The summed E-state index contributed by atoms with van der Waals surface area (Å²) in [6, 6.07) is 10.6. The van der Waals surface area contributed by atoms with Crippen LogP contribution in [0.3, 0.4) is 0 Å². The number of benzene rings is 1. The highest BCUT2D eigenvalue weighted by Crippen LogP contribution is 2.17. The number of halogens is 1. The zero-order valence-corrected chi connectivity index (χ0v) is 13.9. The highest BCUT2D eigenvalue weighted by molar-refractivity contribution is 5.95. The standard InChI is InChI=1S/C16H25N3O.ClH/c1-13(2)19(14-7-5-4-6-8-14)16(20)12-18(3)15-9-10-17-11-15;/h4-8,13,15,17H,9-12H2,1-3H3;1H. The number of para-hydroxylation sites is 1. The molecule has 21 heavy (non-hydrogen) atoms. The van der Waals surface area contributed by atoms with Crippen molar-refractivity contribution in [3.8, 4) is 0 Å². The average molecular weight is 312 g/mol. The fourth-order valence-corrected chi connectivity index (χ4v) is 2.75. The fourth-order valence-electron chi connectivity index (χ4n) is 2.75. The molecule has 1 unspecified atom stereocenters. The largest absolute Gasteiger partial charge is 0.315 e. The van der Waals surface area contributed by atoms with Gasteiger partial charge in [-0.1, -0.05) is 18.2 Å². The SMILES string of the molecule is CC(C)N(C(=O)CN(C)C1CCNC1)c1ccccc1.Cl. The van der Waals surface area contributed by atoms with Crippen molar-refractivity contribution in [1.82, 2.24) is 10.2 Å². The number of rotatable bonds is 5. The Morgan fingerprint density at radius 3 is 2.52 bits per heavy atom. The molecule has 1 aromatic rings. The summed E-state index contributed by atoms with van der Waals surface area (Å²) in [4.78, 5) is 16.7. The molecule has 2 rings (SSSR count). The van der Waals surface area contributed by atoms with Crippen molar-refractivity contribution < 1.29 is 4.79 Å². The van der Waals surface area contributed by atoms with E-state index in [1.54, 1.807) is 0 Å². The van der Waals surface area contributed by atoms with E-state index in [-0.39, 0.29) is 24.4 Å². The zero-order valence-electron chi connectivity index (χ0n) is 13.1. The molecule has 1 aromatic carbocycles. The van der Waals surface area contributed by atoms with Crippen LogP contribution in [0.2, 0.25) is 0 Å². The minimum Gasteiger partial charge on any atom is -0.315 e. The second kappa shape index (κ2) is 8.37. The number of amides is 1. The van der Waals surface area contributed by atoms with E-state index in [9.17, 15) is 4.79 Å². The van der Waals surface area contributed by atoms with Crippen LogP contribution in [0.1, 0.15) is 20.3 Å². The predicted octanol–water partition coefficient (Wildman–Crippen LogP) is 2.14. The molecule has 118 valence electrons. The van der Waals surface area contributed by atoms with Crippen LogP contribution in [0.15, 0.2) is 30.3 Å². The molecule has 0 spiro atoms. The van der Waals surface area contributed by atoms with Gasteiger partial charge in [-0.15, -0.1) is 12.4 Å². The van der Waals surface area contributed by atoms with E-state index < -0.39 is 0 Å². The lowest BCUT2D eigenvalue weighted by Crippen LogP contribution is -2.46. The maximum absolute atomic E-state index is 12.6. The van der Waals surface area contributed by atoms with Gasteiger partial charge >= 0.3 is 0 Å². The number of nitrogens with one attached hydrogen (secondary N) is 1. The first-order chi connectivity index (χ1) is 9.59. The molecular formula is C16H26ClN3O. The molecular weight excluding hydrogens is 286 g/mol. The summed E-state index contributed by atoms with van der Waals surface area (Å²) < 4.78 is 0. The van der Waals surface area contributed by atoms with Gasteiger partial charge in [0, 0.05) is 24.3 Å². The Bertz CT molecular complexity index is 432. The molecule has 0 aromatic heterocycles. The topological polar surface area (TPSA) is 35.6 Å². The third-order valence-corrected chi connectivity index (χ3v) is 3.86. The van der Waals surface area contributed by atoms with Gasteiger partial charge in [0.1, 0.15) is 0 Å². The van der Waals surface area contributed by atoms with Gasteiger partial charge in [0.05, 0.1) is 6.54 Å². The van der Waals surface area contributed by atoms with Crippen molar-refractivity contribution in [2.75, 3.05) is 31.6 Å². The molecule has 1 N–H and O–H groups in total. The maximum atomic E-state index is 12.6. The van der Waals surface area contributed by atoms with Gasteiger partial charge in [-0.3, -0.25) is 9.69 Å². The van der Waals surface area contributed by atoms with Gasteiger partial charge in [-0.25, -0.2) is 0 Å². The summed E-state index contributed by atoms with van der Waals surface area (Å²) in [5.74, 6) is 0.167. The molecule has 1 aliphatic heterocycles. The number of carbonyl (C=O) groups excluding carboxylic acids is 1. The number of nitrogens with zero attached hydrogens (tertiary/aromatic N) is 2. The molecule has 1 aliphatic rings. The first-order valence-corrected chi connectivity index (χ1v) is 7.37. The van der Waals surface area contributed by atoms with E-state index in [0.29, 0.717) is 12.6 Å². The van der Waals surface area contributed by atoms with Crippen LogP contribution in [0.4, 0.5) is 5.69 Å². The van der Waals surface area contributed by atoms with Crippen LogP contribution >= 0.6 is 12.4 Å². The van der Waals surface area contributed by atoms with Crippen LogP contribution in [0.25, 0.3) is 0 Å². The fraction of sp³-hybridized carbons (Fsp3) is 0.562. The number of hydrogen-bond donors (Lipinski definition) is 1. The van der Waals surface area contributed by atoms with Crippen LogP contribution in [0.5, 0.6) is 0 Å². The van der Waals surface area contributed by atoms with Crippen molar-refractivity contribution >= 4 is 24.0 Å². The van der Waals surface area contributed by atoms with E-state index in [1.165, 1.54) is 0 Å². The van der Waals surface area contributed by atoms with E-state index in [2.05, 4.69) is 24.1 Å². The van der Waals surface area contributed by atoms with Gasteiger partial charge in [0.25, 0.3) is 0 Å². The maximum Gasteiger partial charge on any atom is 0.241 e. The summed E-state index contributed by atoms with van der Waals surface area (Å²) >= 11 is 0. The molecule has 1 heterocycles. The minimum atomic E-state index is 0. The van der Waals surface area contributed by atoms with Crippen molar-refractivity contribution in [2.45, 2.75) is 32.4 Å². The summed E-state index contributed by atoms with van der Waals surface area (Å²) in [6.45, 7) is 6.62. The van der Waals surface area contributed by atoms with Gasteiger partial charge in [0.2, 0.25) is 5.91 Å². The molecule has 1 saturated heterocycles. The molecule has 5 heteroatoms. The van der Waals surface area contributed by atoms with Crippen molar-refractivity contribution in [3.63, 3.8) is 0 Å². The van der Waals surface area contributed by atoms with E-state index in [0.717, 1.165) is 25.2 Å². The van der Waals surface area contributed by atoms with E-state index in [4.69, 9.17) is 0 Å². The van der Waals surface area contributed by atoms with Gasteiger partial charge in [-0.2, -0.15) is 0 Å². The van der Waals surface area contributed by atoms with E-state index in [1.807, 2.05) is 42.3 Å². The van der Waals surface area contributed by atoms with Gasteiger partial charge in [-0.05, 0) is 46.0 Å². The quantitative estimate of drug-likeness (QED) is 0.905. The average Bonchev–Trinajstić information content (AvgIpc) is 2.93. The second-order valence-electron chi connectivity index (χ2n) is 5.75. The van der Waals surface area contributed by atoms with Crippen LogP contribution in [-0.4, -0.2) is 49.6 Å². The lowest BCUT2D eigenvalue weighted by Gasteiger charge is -2.30. The first kappa shape index (κ1) is 18.0. The number of hydrogen-bond acceptors (Lipinski definition) is 3. The van der Waals surface area contributed by atoms with Crippen molar-refractivity contribution in [2.24, 2.45) is 0 Å². The normalized spacial score (nSPS) is 17.9. The molecule has 0 saturated carbocycles. The first-order valence-electron chi connectivity index (χ1n) is 7.37. The Morgan fingerprint density at radius 1 is 1.33 bits per heavy atom. The number of likely N-dealkylation sites (N-methyl/N-ethyl adjacent to an activating group) is 1. The monoisotopic (exact) mass is 311 g/mol. The summed E-state index contributed by atoms with van der Waals surface area (Å²) in [5.41, 5.74) is 0.977. The Balaban J connectivity index is 0.00000220. The van der Waals surface area contributed by atoms with Crippen molar-refractivity contribution in [1.29, 1.82) is 0 Å². The lowest BCUT2D eigenvalue weighted by atomic mass is 10.2. The molecule has 0 aliphatic carbocycles. The molecule has 1 fully saturated rings. The third-order valence-electron chi connectivity index (χ3n) is 3.86. The summed E-state index contributed by atoms with van der Waals surface area (Å²) in [5, 5.41) is 3.34. The molecule has 1 atom stereocenters. The smallest absolute Gasteiger partial charge is 0.241 e. The Kier molecular flexibility index (Phi) is 7.15. The molecule has 1 amide bonds. The number of anilines is 1. The van der Waals surface area contributed by atoms with Crippen LogP contribution in [0, 0.1) is 0 Å². The second-order valence-corrected chi connectivity index (χ2v) is 5.75. The van der Waals surface area contributed by atoms with Gasteiger partial charge in [0.15, 0.2) is 0 Å². The molecule has 0 radical (unpaired) electrons.